The molecule has 1 N–H and O–H groups in total. The number of rotatable bonds is 5. The molecule has 1 heterocycles. The lowest BCUT2D eigenvalue weighted by Gasteiger charge is -2.26. The number of halogens is 1. The van der Waals surface area contributed by atoms with Crippen LogP contribution in [0.15, 0.2) is 66.2 Å². The average Bonchev–Trinajstić information content (AvgIpc) is 3.11. The number of ketones is 1. The van der Waals surface area contributed by atoms with Crippen molar-refractivity contribution in [1.82, 2.24) is 0 Å². The number of benzene rings is 3. The highest BCUT2D eigenvalue weighted by Gasteiger charge is 2.47. The molecule has 184 valence electrons. The average molecular weight is 506 g/mol. The van der Waals surface area contributed by atoms with Gasteiger partial charge in [0.2, 0.25) is 0 Å². The number of Topliss-reactive ketones (excluding diaryl/α,β-unsaturated/α-hetero) is 1. The van der Waals surface area contributed by atoms with Crippen molar-refractivity contribution in [2.45, 2.75) is 26.8 Å². The number of esters is 1. The fourth-order valence-electron chi connectivity index (χ4n) is 4.13. The zero-order valence-corrected chi connectivity index (χ0v) is 20.9. The lowest BCUT2D eigenvalue weighted by molar-refractivity contribution is -0.132. The number of nitrogens with zero attached hydrogens (tertiary/aromatic N) is 1. The van der Waals surface area contributed by atoms with Gasteiger partial charge in [0, 0.05) is 18.2 Å². The van der Waals surface area contributed by atoms with E-state index in [9.17, 15) is 19.5 Å². The molecule has 1 unspecified atom stereocenters. The summed E-state index contributed by atoms with van der Waals surface area (Å²) >= 11 is 6.36. The number of carbonyl (C=O) groups is 3. The van der Waals surface area contributed by atoms with Gasteiger partial charge in [-0.3, -0.25) is 19.3 Å². The molecule has 1 aliphatic heterocycles. The molecule has 3 aromatic carbocycles. The summed E-state index contributed by atoms with van der Waals surface area (Å²) in [5.74, 6) is -1.79. The van der Waals surface area contributed by atoms with Crippen molar-refractivity contribution in [2.24, 2.45) is 0 Å². The number of aliphatic hydroxyl groups is 1. The number of aliphatic hydroxyl groups excluding tert-OH is 1. The summed E-state index contributed by atoms with van der Waals surface area (Å²) in [5.41, 5.74) is 3.05. The van der Waals surface area contributed by atoms with E-state index >= 15 is 0 Å². The molecule has 0 saturated carbocycles. The van der Waals surface area contributed by atoms with Crippen LogP contribution in [0.2, 0.25) is 5.02 Å². The molecule has 0 spiro atoms. The number of anilines is 1. The smallest absolute Gasteiger partial charge is 0.308 e. The van der Waals surface area contributed by atoms with E-state index in [1.807, 2.05) is 26.0 Å². The third-order valence-electron chi connectivity index (χ3n) is 6.10. The Kier molecular flexibility index (Phi) is 6.86. The van der Waals surface area contributed by atoms with Crippen LogP contribution in [0, 0.1) is 13.8 Å². The Morgan fingerprint density at radius 1 is 0.944 bits per heavy atom. The van der Waals surface area contributed by atoms with Crippen LogP contribution in [-0.4, -0.2) is 29.9 Å². The summed E-state index contributed by atoms with van der Waals surface area (Å²) in [7, 11) is 1.47. The minimum absolute atomic E-state index is 0.117. The summed E-state index contributed by atoms with van der Waals surface area (Å²) in [6, 6.07) is 15.6. The first-order chi connectivity index (χ1) is 17.1. The zero-order valence-electron chi connectivity index (χ0n) is 20.2. The number of amides is 1. The number of methoxy groups -OCH3 is 1. The van der Waals surface area contributed by atoms with Gasteiger partial charge in [-0.15, -0.1) is 0 Å². The normalized spacial score (nSPS) is 16.8. The Hall–Kier alpha value is -4.10. The molecule has 4 rings (SSSR count). The summed E-state index contributed by atoms with van der Waals surface area (Å²) in [4.78, 5) is 39.4. The molecule has 0 aromatic heterocycles. The SMILES string of the molecule is COc1ccc(Cl)c(/C(O)=C2\C(=O)C(=O)N(c3ccc(C)c(C)c3)C2c2ccc(OC(C)=O)cc2)c1. The molecular formula is C28H24ClNO6. The first kappa shape index (κ1) is 25.0. The van der Waals surface area contributed by atoms with Gasteiger partial charge in [0.15, 0.2) is 0 Å². The largest absolute Gasteiger partial charge is 0.507 e. The summed E-state index contributed by atoms with van der Waals surface area (Å²) < 4.78 is 10.4. The highest BCUT2D eigenvalue weighted by molar-refractivity contribution is 6.52. The minimum Gasteiger partial charge on any atom is -0.507 e. The van der Waals surface area contributed by atoms with Gasteiger partial charge in [-0.2, -0.15) is 0 Å². The molecule has 1 fully saturated rings. The second-order valence-electron chi connectivity index (χ2n) is 8.45. The van der Waals surface area contributed by atoms with Crippen molar-refractivity contribution in [3.05, 3.63) is 93.5 Å². The Labute approximate surface area is 213 Å². The van der Waals surface area contributed by atoms with Crippen LogP contribution in [-0.2, 0) is 14.4 Å². The summed E-state index contributed by atoms with van der Waals surface area (Å²) in [5, 5.41) is 11.5. The molecule has 0 radical (unpaired) electrons. The lowest BCUT2D eigenvalue weighted by Crippen LogP contribution is -2.29. The van der Waals surface area contributed by atoms with Crippen LogP contribution >= 0.6 is 11.6 Å². The molecule has 8 heteroatoms. The topological polar surface area (TPSA) is 93.1 Å². The summed E-state index contributed by atoms with van der Waals surface area (Å²) in [6.45, 7) is 5.15. The third kappa shape index (κ3) is 4.57. The molecule has 1 amide bonds. The fraction of sp³-hybridized carbons (Fsp3) is 0.179. The van der Waals surface area contributed by atoms with Gasteiger partial charge < -0.3 is 14.6 Å². The van der Waals surface area contributed by atoms with E-state index in [1.165, 1.54) is 31.1 Å². The molecule has 1 atom stereocenters. The Bertz CT molecular complexity index is 1410. The predicted molar refractivity (Wildman–Crippen MR) is 136 cm³/mol. The first-order valence-corrected chi connectivity index (χ1v) is 11.5. The van der Waals surface area contributed by atoms with Crippen LogP contribution in [0.4, 0.5) is 5.69 Å². The van der Waals surface area contributed by atoms with Crippen LogP contribution in [0.1, 0.15) is 35.2 Å². The maximum absolute atomic E-state index is 13.4. The van der Waals surface area contributed by atoms with E-state index in [2.05, 4.69) is 0 Å². The second kappa shape index (κ2) is 9.87. The lowest BCUT2D eigenvalue weighted by atomic mass is 9.94. The van der Waals surface area contributed by atoms with Crippen molar-refractivity contribution < 1.29 is 29.0 Å². The van der Waals surface area contributed by atoms with Crippen molar-refractivity contribution in [3.63, 3.8) is 0 Å². The van der Waals surface area contributed by atoms with E-state index in [0.29, 0.717) is 22.7 Å². The van der Waals surface area contributed by atoms with Crippen molar-refractivity contribution in [3.8, 4) is 11.5 Å². The molecule has 3 aromatic rings. The standard InChI is InChI=1S/C28H24ClNO6/c1-15-5-8-19(13-16(15)2)30-25(18-6-9-20(10-7-18)36-17(3)31)24(27(33)28(30)34)26(32)22-14-21(35-4)11-12-23(22)29/h5-14,25,32H,1-4H3/b26-24+. The monoisotopic (exact) mass is 505 g/mol. The number of aryl methyl sites for hydroxylation is 2. The first-order valence-electron chi connectivity index (χ1n) is 11.1. The van der Waals surface area contributed by atoms with Gasteiger partial charge in [0.25, 0.3) is 11.7 Å². The maximum atomic E-state index is 13.4. The van der Waals surface area contributed by atoms with E-state index in [0.717, 1.165) is 11.1 Å². The number of carbonyl (C=O) groups excluding carboxylic acids is 3. The van der Waals surface area contributed by atoms with E-state index < -0.39 is 29.5 Å². The molecule has 7 nitrogen and oxygen atoms in total. The van der Waals surface area contributed by atoms with E-state index in [4.69, 9.17) is 21.1 Å². The number of hydrogen-bond acceptors (Lipinski definition) is 6. The second-order valence-corrected chi connectivity index (χ2v) is 8.85. The van der Waals surface area contributed by atoms with Crippen molar-refractivity contribution in [1.29, 1.82) is 0 Å². The molecular weight excluding hydrogens is 482 g/mol. The maximum Gasteiger partial charge on any atom is 0.308 e. The van der Waals surface area contributed by atoms with Crippen LogP contribution in [0.5, 0.6) is 11.5 Å². The number of ether oxygens (including phenoxy) is 2. The predicted octanol–water partition coefficient (Wildman–Crippen LogP) is 5.52. The van der Waals surface area contributed by atoms with Gasteiger partial charge in [0.1, 0.15) is 17.3 Å². The molecule has 36 heavy (non-hydrogen) atoms. The quantitative estimate of drug-likeness (QED) is 0.161. The highest BCUT2D eigenvalue weighted by Crippen LogP contribution is 2.44. The molecule has 1 saturated heterocycles. The number of hydrogen-bond donors (Lipinski definition) is 1. The van der Waals surface area contributed by atoms with Gasteiger partial charge in [-0.25, -0.2) is 0 Å². The Morgan fingerprint density at radius 3 is 2.22 bits per heavy atom. The van der Waals surface area contributed by atoms with Crippen LogP contribution in [0.25, 0.3) is 5.76 Å². The molecule has 1 aliphatic rings. The van der Waals surface area contributed by atoms with Crippen molar-refractivity contribution in [2.75, 3.05) is 12.0 Å². The van der Waals surface area contributed by atoms with Crippen LogP contribution in [0.3, 0.4) is 0 Å². The van der Waals surface area contributed by atoms with E-state index in [-0.39, 0.29) is 16.2 Å². The van der Waals surface area contributed by atoms with Crippen LogP contribution < -0.4 is 14.4 Å². The molecule has 0 aliphatic carbocycles. The van der Waals surface area contributed by atoms with E-state index in [1.54, 1.807) is 36.4 Å². The van der Waals surface area contributed by atoms with Gasteiger partial charge in [0.05, 0.1) is 23.7 Å². The molecule has 0 bridgehead atoms. The zero-order chi connectivity index (χ0) is 26.1. The Morgan fingerprint density at radius 2 is 1.61 bits per heavy atom. The Balaban J connectivity index is 1.94. The van der Waals surface area contributed by atoms with Crippen molar-refractivity contribution >= 4 is 40.7 Å². The van der Waals surface area contributed by atoms with Gasteiger partial charge in [-0.1, -0.05) is 29.8 Å². The van der Waals surface area contributed by atoms with Gasteiger partial charge >= 0.3 is 5.97 Å². The summed E-state index contributed by atoms with van der Waals surface area (Å²) in [6.07, 6.45) is 0. The van der Waals surface area contributed by atoms with Gasteiger partial charge in [-0.05, 0) is 73.0 Å². The third-order valence-corrected chi connectivity index (χ3v) is 6.43. The fourth-order valence-corrected chi connectivity index (χ4v) is 4.34. The minimum atomic E-state index is -0.958. The highest BCUT2D eigenvalue weighted by atomic mass is 35.5.